The van der Waals surface area contributed by atoms with Gasteiger partial charge in [-0.05, 0) is 49.2 Å². The average molecular weight is 595 g/mol. The third kappa shape index (κ3) is 5.72. The molecule has 3 amide bonds. The Hall–Kier alpha value is -4.56. The third-order valence-corrected chi connectivity index (χ3v) is 7.20. The lowest BCUT2D eigenvalue weighted by Gasteiger charge is -2.25. The molecular formula is C32H27BrN4O3. The van der Waals surface area contributed by atoms with E-state index in [2.05, 4.69) is 26.6 Å². The highest BCUT2D eigenvalue weighted by Gasteiger charge is 2.34. The Morgan fingerprint density at radius 3 is 2.33 bits per heavy atom. The van der Waals surface area contributed by atoms with Crippen LogP contribution in [0, 0.1) is 13.8 Å². The molecule has 2 N–H and O–H groups in total. The van der Waals surface area contributed by atoms with Gasteiger partial charge < -0.3 is 15.5 Å². The molecule has 4 aromatic rings. The van der Waals surface area contributed by atoms with Crippen molar-refractivity contribution >= 4 is 50.7 Å². The number of carbonyl (C=O) groups is 3. The van der Waals surface area contributed by atoms with E-state index in [4.69, 9.17) is 4.99 Å². The van der Waals surface area contributed by atoms with E-state index in [0.717, 1.165) is 21.2 Å². The van der Waals surface area contributed by atoms with Crippen molar-refractivity contribution in [3.05, 3.63) is 129 Å². The average Bonchev–Trinajstić information content (AvgIpc) is 3.06. The summed E-state index contributed by atoms with van der Waals surface area (Å²) < 4.78 is 0.888. The summed E-state index contributed by atoms with van der Waals surface area (Å²) in [5.74, 6) is -0.721. The number of benzene rings is 4. The van der Waals surface area contributed by atoms with E-state index in [1.54, 1.807) is 24.3 Å². The molecule has 1 aliphatic rings. The fraction of sp³-hybridized carbons (Fsp3) is 0.125. The molecule has 0 aromatic heterocycles. The first-order chi connectivity index (χ1) is 19.3. The summed E-state index contributed by atoms with van der Waals surface area (Å²) in [5.41, 5.74) is 5.37. The van der Waals surface area contributed by atoms with Crippen LogP contribution in [0.1, 0.15) is 32.6 Å². The Morgan fingerprint density at radius 2 is 1.57 bits per heavy atom. The summed E-state index contributed by atoms with van der Waals surface area (Å²) in [6, 6.07) is 29.0. The Labute approximate surface area is 241 Å². The number of anilines is 2. The molecule has 0 radical (unpaired) electrons. The Bertz CT molecular complexity index is 1630. The van der Waals surface area contributed by atoms with Crippen molar-refractivity contribution in [1.29, 1.82) is 0 Å². The van der Waals surface area contributed by atoms with Crippen LogP contribution < -0.4 is 15.5 Å². The van der Waals surface area contributed by atoms with Crippen molar-refractivity contribution in [3.8, 4) is 0 Å². The first-order valence-corrected chi connectivity index (χ1v) is 13.6. The zero-order valence-electron chi connectivity index (χ0n) is 22.0. The van der Waals surface area contributed by atoms with Crippen molar-refractivity contribution in [1.82, 2.24) is 5.32 Å². The number of halogens is 1. The van der Waals surface area contributed by atoms with Gasteiger partial charge in [-0.15, -0.1) is 0 Å². The number of aliphatic imine (C=N–C) groups is 1. The minimum atomic E-state index is -1.27. The number of fused-ring (bicyclic) bond motifs is 1. The van der Waals surface area contributed by atoms with Crippen LogP contribution in [-0.2, 0) is 4.79 Å². The minimum Gasteiger partial charge on any atom is -0.308 e. The summed E-state index contributed by atoms with van der Waals surface area (Å²) in [6.45, 7) is 3.53. The monoisotopic (exact) mass is 594 g/mol. The van der Waals surface area contributed by atoms with E-state index in [-0.39, 0.29) is 12.3 Å². The van der Waals surface area contributed by atoms with Crippen molar-refractivity contribution < 1.29 is 14.4 Å². The summed E-state index contributed by atoms with van der Waals surface area (Å²) in [4.78, 5) is 46.8. The molecule has 0 spiro atoms. The molecule has 0 saturated heterocycles. The zero-order valence-corrected chi connectivity index (χ0v) is 23.6. The van der Waals surface area contributed by atoms with Crippen LogP contribution in [0.2, 0.25) is 0 Å². The smallest absolute Gasteiger partial charge is 0.308 e. The van der Waals surface area contributed by atoms with Crippen molar-refractivity contribution in [2.45, 2.75) is 20.0 Å². The SMILES string of the molecule is Cc1cc(Br)ccc1NC(=O)N[C@@H]1N=C(c2ccccc2)c2ccccc2N(CC(=O)c2ccccc2C)C1=O. The van der Waals surface area contributed by atoms with E-state index in [1.807, 2.05) is 86.6 Å². The van der Waals surface area contributed by atoms with Gasteiger partial charge in [-0.2, -0.15) is 0 Å². The number of amides is 3. The number of carbonyl (C=O) groups excluding carboxylic acids is 3. The molecule has 1 aliphatic heterocycles. The van der Waals surface area contributed by atoms with Gasteiger partial charge in [0.05, 0.1) is 17.9 Å². The lowest BCUT2D eigenvalue weighted by atomic mass is 9.99. The maximum atomic E-state index is 14.1. The van der Waals surface area contributed by atoms with Gasteiger partial charge in [0.15, 0.2) is 5.78 Å². The predicted molar refractivity (Wildman–Crippen MR) is 161 cm³/mol. The highest BCUT2D eigenvalue weighted by atomic mass is 79.9. The fourth-order valence-electron chi connectivity index (χ4n) is 4.68. The van der Waals surface area contributed by atoms with E-state index in [9.17, 15) is 14.4 Å². The third-order valence-electron chi connectivity index (χ3n) is 6.71. The lowest BCUT2D eigenvalue weighted by molar-refractivity contribution is -0.120. The molecular weight excluding hydrogens is 568 g/mol. The molecule has 0 aliphatic carbocycles. The highest BCUT2D eigenvalue weighted by molar-refractivity contribution is 9.10. The van der Waals surface area contributed by atoms with Gasteiger partial charge in [0.1, 0.15) is 0 Å². The van der Waals surface area contributed by atoms with Crippen LogP contribution in [0.15, 0.2) is 107 Å². The molecule has 0 bridgehead atoms. The van der Waals surface area contributed by atoms with Crippen LogP contribution in [0.3, 0.4) is 0 Å². The van der Waals surface area contributed by atoms with Gasteiger partial charge in [-0.1, -0.05) is 88.7 Å². The van der Waals surface area contributed by atoms with Crippen LogP contribution in [0.25, 0.3) is 0 Å². The molecule has 1 heterocycles. The number of benzodiazepines with no additional fused rings is 1. The van der Waals surface area contributed by atoms with Gasteiger partial charge in [0.25, 0.3) is 5.91 Å². The Morgan fingerprint density at radius 1 is 0.875 bits per heavy atom. The molecule has 0 saturated carbocycles. The normalized spacial score (nSPS) is 14.6. The van der Waals surface area contributed by atoms with Crippen LogP contribution in [-0.4, -0.2) is 36.1 Å². The topological polar surface area (TPSA) is 90.9 Å². The van der Waals surface area contributed by atoms with Gasteiger partial charge >= 0.3 is 6.03 Å². The Balaban J connectivity index is 1.54. The summed E-state index contributed by atoms with van der Waals surface area (Å²) in [5, 5.41) is 5.55. The summed E-state index contributed by atoms with van der Waals surface area (Å²) in [6.07, 6.45) is -1.27. The number of hydrogen-bond donors (Lipinski definition) is 2. The maximum Gasteiger partial charge on any atom is 0.321 e. The van der Waals surface area contributed by atoms with Crippen molar-refractivity contribution in [2.75, 3.05) is 16.8 Å². The molecule has 4 aromatic carbocycles. The quantitative estimate of drug-likeness (QED) is 0.257. The van der Waals surface area contributed by atoms with Gasteiger partial charge in [-0.25, -0.2) is 9.79 Å². The number of hydrogen-bond acceptors (Lipinski definition) is 4. The van der Waals surface area contributed by atoms with Gasteiger partial charge in [-0.3, -0.25) is 9.59 Å². The molecule has 0 unspecified atom stereocenters. The van der Waals surface area contributed by atoms with Crippen molar-refractivity contribution in [2.24, 2.45) is 4.99 Å². The second kappa shape index (κ2) is 11.7. The van der Waals surface area contributed by atoms with Crippen LogP contribution in [0.4, 0.5) is 16.2 Å². The zero-order chi connectivity index (χ0) is 28.2. The number of para-hydroxylation sites is 1. The number of rotatable bonds is 6. The van der Waals surface area contributed by atoms with E-state index in [1.165, 1.54) is 4.90 Å². The number of nitrogens with one attached hydrogen (secondary N) is 2. The van der Waals surface area contributed by atoms with E-state index >= 15 is 0 Å². The van der Waals surface area contributed by atoms with E-state index < -0.39 is 18.1 Å². The molecule has 200 valence electrons. The molecule has 40 heavy (non-hydrogen) atoms. The first-order valence-electron chi connectivity index (χ1n) is 12.8. The molecule has 0 fully saturated rings. The number of ketones is 1. The van der Waals surface area contributed by atoms with Crippen molar-refractivity contribution in [3.63, 3.8) is 0 Å². The standard InChI is InChI=1S/C32H27BrN4O3/c1-20-10-6-7-13-24(20)28(38)19-37-27-15-9-8-14-25(27)29(22-11-4-3-5-12-22)35-30(31(37)39)36-32(40)34-26-17-16-23(33)18-21(26)2/h3-18,30H,19H2,1-2H3,(H2,34,36,40)/t30-/m0/s1. The largest absolute Gasteiger partial charge is 0.321 e. The lowest BCUT2D eigenvalue weighted by Crippen LogP contribution is -2.50. The summed E-state index contributed by atoms with van der Waals surface area (Å²) in [7, 11) is 0. The fourth-order valence-corrected chi connectivity index (χ4v) is 5.15. The van der Waals surface area contributed by atoms with Gasteiger partial charge in [0.2, 0.25) is 6.17 Å². The first kappa shape index (κ1) is 27.0. The van der Waals surface area contributed by atoms with Crippen LogP contribution >= 0.6 is 15.9 Å². The summed E-state index contributed by atoms with van der Waals surface area (Å²) >= 11 is 3.43. The maximum absolute atomic E-state index is 14.1. The Kier molecular flexibility index (Phi) is 7.89. The molecule has 5 rings (SSSR count). The predicted octanol–water partition coefficient (Wildman–Crippen LogP) is 6.28. The van der Waals surface area contributed by atoms with Crippen LogP contribution in [0.5, 0.6) is 0 Å². The molecule has 8 heteroatoms. The second-order valence-electron chi connectivity index (χ2n) is 9.48. The van der Waals surface area contributed by atoms with Gasteiger partial charge in [0, 0.05) is 26.9 Å². The van der Waals surface area contributed by atoms with E-state index in [0.29, 0.717) is 28.2 Å². The number of nitrogens with zero attached hydrogens (tertiary/aromatic N) is 2. The molecule has 7 nitrogen and oxygen atoms in total. The number of urea groups is 1. The minimum absolute atomic E-state index is 0.204. The molecule has 1 atom stereocenters. The highest BCUT2D eigenvalue weighted by Crippen LogP contribution is 2.29. The second-order valence-corrected chi connectivity index (χ2v) is 10.4. The number of aryl methyl sites for hydroxylation is 2. The number of Topliss-reactive ketones (excluding diaryl/α,β-unsaturated/α-hetero) is 1.